The number of nitrogens with two attached hydrogens (primary N) is 1. The molecule has 5 nitrogen and oxygen atoms in total. The molecule has 0 aromatic heterocycles. The summed E-state index contributed by atoms with van der Waals surface area (Å²) >= 11 is 0. The summed E-state index contributed by atoms with van der Waals surface area (Å²) < 4.78 is 0. The van der Waals surface area contributed by atoms with Crippen molar-refractivity contribution in [2.24, 2.45) is 11.7 Å². The van der Waals surface area contributed by atoms with Crippen LogP contribution < -0.4 is 5.73 Å². The Hall–Kier alpha value is -2.95. The molecule has 2 atom stereocenters. The smallest absolute Gasteiger partial charge is 0.269 e. The summed E-state index contributed by atoms with van der Waals surface area (Å²) in [5, 5.41) is 8.03. The van der Waals surface area contributed by atoms with Crippen molar-refractivity contribution in [1.29, 1.82) is 5.41 Å². The van der Waals surface area contributed by atoms with Gasteiger partial charge in [-0.1, -0.05) is 60.7 Å². The van der Waals surface area contributed by atoms with Crippen molar-refractivity contribution in [3.8, 4) is 0 Å². The fourth-order valence-corrected chi connectivity index (χ4v) is 3.02. The van der Waals surface area contributed by atoms with Gasteiger partial charge in [0.2, 0.25) is 5.91 Å². The second kappa shape index (κ2) is 6.04. The van der Waals surface area contributed by atoms with Crippen LogP contribution in [-0.4, -0.2) is 22.4 Å². The van der Waals surface area contributed by atoms with Crippen molar-refractivity contribution in [3.05, 3.63) is 71.8 Å². The van der Waals surface area contributed by atoms with Crippen LogP contribution in [0.25, 0.3) is 0 Å². The van der Waals surface area contributed by atoms with Gasteiger partial charge >= 0.3 is 0 Å². The van der Waals surface area contributed by atoms with E-state index in [0.717, 1.165) is 11.1 Å². The largest absolute Gasteiger partial charge is 0.369 e. The van der Waals surface area contributed by atoms with Gasteiger partial charge in [0.05, 0.1) is 6.04 Å². The highest BCUT2D eigenvalue weighted by molar-refractivity contribution is 6.44. The van der Waals surface area contributed by atoms with E-state index >= 15 is 0 Å². The number of likely N-dealkylation sites (tertiary alicyclic amines) is 1. The molecule has 3 N–H and O–H groups in total. The zero-order valence-electron chi connectivity index (χ0n) is 12.5. The van der Waals surface area contributed by atoms with Gasteiger partial charge in [0.1, 0.15) is 11.6 Å². The fourth-order valence-electron chi connectivity index (χ4n) is 3.02. The van der Waals surface area contributed by atoms with Crippen LogP contribution in [0.1, 0.15) is 17.2 Å². The van der Waals surface area contributed by atoms with Gasteiger partial charge in [-0.3, -0.25) is 15.0 Å². The molecule has 1 aliphatic heterocycles. The van der Waals surface area contributed by atoms with E-state index < -0.39 is 23.8 Å². The molecule has 1 heterocycles. The summed E-state index contributed by atoms with van der Waals surface area (Å²) in [6, 6.07) is 18.2. The molecule has 0 radical (unpaired) electrons. The van der Waals surface area contributed by atoms with Crippen LogP contribution in [-0.2, 0) is 16.1 Å². The van der Waals surface area contributed by atoms with E-state index in [1.165, 1.54) is 0 Å². The standard InChI is InChI=1S/C18H17N3O2/c19-15-14(17(20)22)16(13-9-5-2-6-10-13)21(18(15)23)11-12-7-3-1-4-8-12/h1-10,14,16,19H,11H2,(H2,20,22). The number of hydrogen-bond donors (Lipinski definition) is 2. The van der Waals surface area contributed by atoms with Crippen LogP contribution >= 0.6 is 0 Å². The van der Waals surface area contributed by atoms with Crippen molar-refractivity contribution in [2.45, 2.75) is 12.6 Å². The maximum atomic E-state index is 12.5. The molecule has 0 spiro atoms. The Kier molecular flexibility index (Phi) is 3.93. The summed E-state index contributed by atoms with van der Waals surface area (Å²) in [7, 11) is 0. The highest BCUT2D eigenvalue weighted by Crippen LogP contribution is 2.37. The monoisotopic (exact) mass is 307 g/mol. The molecule has 2 amide bonds. The van der Waals surface area contributed by atoms with Crippen LogP contribution in [0.2, 0.25) is 0 Å². The van der Waals surface area contributed by atoms with Gasteiger partial charge in [-0.15, -0.1) is 0 Å². The van der Waals surface area contributed by atoms with Gasteiger partial charge in [0.25, 0.3) is 5.91 Å². The lowest BCUT2D eigenvalue weighted by molar-refractivity contribution is -0.125. The van der Waals surface area contributed by atoms with Crippen LogP contribution in [0, 0.1) is 11.3 Å². The zero-order valence-corrected chi connectivity index (χ0v) is 12.5. The Bertz CT molecular complexity index is 743. The van der Waals surface area contributed by atoms with Gasteiger partial charge < -0.3 is 10.6 Å². The Labute approximate surface area is 134 Å². The van der Waals surface area contributed by atoms with Gasteiger partial charge in [-0.25, -0.2) is 0 Å². The van der Waals surface area contributed by atoms with Gasteiger partial charge in [0, 0.05) is 6.54 Å². The van der Waals surface area contributed by atoms with E-state index in [9.17, 15) is 9.59 Å². The Morgan fingerprint density at radius 2 is 1.61 bits per heavy atom. The third-order valence-corrected chi connectivity index (χ3v) is 4.10. The predicted molar refractivity (Wildman–Crippen MR) is 86.6 cm³/mol. The van der Waals surface area contributed by atoms with Crippen molar-refractivity contribution in [2.75, 3.05) is 0 Å². The Balaban J connectivity index is 2.02. The maximum Gasteiger partial charge on any atom is 0.269 e. The first kappa shape index (κ1) is 15.0. The second-order valence-electron chi connectivity index (χ2n) is 5.57. The summed E-state index contributed by atoms with van der Waals surface area (Å²) in [5.74, 6) is -2.01. The molecule has 1 fully saturated rings. The lowest BCUT2D eigenvalue weighted by Gasteiger charge is -2.27. The summed E-state index contributed by atoms with van der Waals surface area (Å²) in [5.41, 5.74) is 6.99. The molecule has 2 unspecified atom stereocenters. The highest BCUT2D eigenvalue weighted by Gasteiger charge is 2.48. The summed E-state index contributed by atoms with van der Waals surface area (Å²) in [6.45, 7) is 0.339. The summed E-state index contributed by atoms with van der Waals surface area (Å²) in [4.78, 5) is 25.9. The minimum atomic E-state index is -0.923. The predicted octanol–water partition coefficient (Wildman–Crippen LogP) is 1.89. The number of amides is 2. The number of hydrogen-bond acceptors (Lipinski definition) is 3. The van der Waals surface area contributed by atoms with Crippen molar-refractivity contribution < 1.29 is 9.59 Å². The SMILES string of the molecule is N=C1C(=O)N(Cc2ccccc2)C(c2ccccc2)C1C(N)=O. The average molecular weight is 307 g/mol. The minimum Gasteiger partial charge on any atom is -0.369 e. The molecule has 1 saturated heterocycles. The van der Waals surface area contributed by atoms with E-state index in [-0.39, 0.29) is 5.71 Å². The van der Waals surface area contributed by atoms with E-state index in [4.69, 9.17) is 11.1 Å². The first-order valence-corrected chi connectivity index (χ1v) is 7.37. The highest BCUT2D eigenvalue weighted by atomic mass is 16.2. The normalized spacial score (nSPS) is 20.8. The first-order valence-electron chi connectivity index (χ1n) is 7.37. The van der Waals surface area contributed by atoms with Crippen LogP contribution in [0.5, 0.6) is 0 Å². The van der Waals surface area contributed by atoms with E-state index in [2.05, 4.69) is 0 Å². The topological polar surface area (TPSA) is 87.2 Å². The molecular weight excluding hydrogens is 290 g/mol. The molecule has 5 heteroatoms. The van der Waals surface area contributed by atoms with Crippen LogP contribution in [0.3, 0.4) is 0 Å². The molecule has 116 valence electrons. The fraction of sp³-hybridized carbons (Fsp3) is 0.167. The Morgan fingerprint density at radius 3 is 2.17 bits per heavy atom. The van der Waals surface area contributed by atoms with Crippen molar-refractivity contribution in [1.82, 2.24) is 4.90 Å². The van der Waals surface area contributed by atoms with Crippen LogP contribution in [0.4, 0.5) is 0 Å². The van der Waals surface area contributed by atoms with E-state index in [0.29, 0.717) is 6.54 Å². The number of carbonyl (C=O) groups is 2. The Morgan fingerprint density at radius 1 is 1.04 bits per heavy atom. The molecule has 0 saturated carbocycles. The number of nitrogens with zero attached hydrogens (tertiary/aromatic N) is 1. The third kappa shape index (κ3) is 2.73. The molecule has 0 aliphatic carbocycles. The lowest BCUT2D eigenvalue weighted by Crippen LogP contribution is -2.33. The molecule has 1 aliphatic rings. The van der Waals surface area contributed by atoms with Crippen molar-refractivity contribution in [3.63, 3.8) is 0 Å². The quantitative estimate of drug-likeness (QED) is 0.903. The lowest BCUT2D eigenvalue weighted by atomic mass is 9.92. The molecule has 0 bridgehead atoms. The maximum absolute atomic E-state index is 12.5. The number of primary amides is 1. The number of rotatable bonds is 4. The number of benzene rings is 2. The van der Waals surface area contributed by atoms with Gasteiger partial charge in [-0.05, 0) is 11.1 Å². The third-order valence-electron chi connectivity index (χ3n) is 4.10. The van der Waals surface area contributed by atoms with E-state index in [1.54, 1.807) is 4.90 Å². The van der Waals surface area contributed by atoms with E-state index in [1.807, 2.05) is 60.7 Å². The van der Waals surface area contributed by atoms with Crippen molar-refractivity contribution >= 4 is 17.5 Å². The zero-order chi connectivity index (χ0) is 16.4. The molecule has 23 heavy (non-hydrogen) atoms. The first-order chi connectivity index (χ1) is 11.1. The van der Waals surface area contributed by atoms with Crippen LogP contribution in [0.15, 0.2) is 60.7 Å². The molecular formula is C18H17N3O2. The van der Waals surface area contributed by atoms with Gasteiger partial charge in [-0.2, -0.15) is 0 Å². The van der Waals surface area contributed by atoms with Gasteiger partial charge in [0.15, 0.2) is 0 Å². The number of carbonyl (C=O) groups excluding carboxylic acids is 2. The molecule has 2 aromatic rings. The minimum absolute atomic E-state index is 0.234. The second-order valence-corrected chi connectivity index (χ2v) is 5.57. The molecule has 2 aromatic carbocycles. The number of nitrogens with one attached hydrogen (secondary N) is 1. The average Bonchev–Trinajstić information content (AvgIpc) is 2.82. The summed E-state index contributed by atoms with van der Waals surface area (Å²) in [6.07, 6.45) is 0. The molecule has 3 rings (SSSR count).